The Kier molecular flexibility index (Phi) is 2.89. The van der Waals surface area contributed by atoms with Gasteiger partial charge in [-0.2, -0.15) is 0 Å². The van der Waals surface area contributed by atoms with Crippen molar-refractivity contribution in [3.8, 4) is 5.75 Å². The zero-order valence-corrected chi connectivity index (χ0v) is 12.5. The van der Waals surface area contributed by atoms with Gasteiger partial charge in [-0.3, -0.25) is 0 Å². The molecule has 3 aliphatic rings. The molecule has 0 saturated heterocycles. The van der Waals surface area contributed by atoms with Crippen LogP contribution >= 0.6 is 0 Å². The zero-order chi connectivity index (χ0) is 14.8. The van der Waals surface area contributed by atoms with Gasteiger partial charge in [0.2, 0.25) is 0 Å². The highest BCUT2D eigenvalue weighted by Gasteiger charge is 2.57. The summed E-state index contributed by atoms with van der Waals surface area (Å²) in [6, 6.07) is 5.80. The van der Waals surface area contributed by atoms with Crippen molar-refractivity contribution in [2.45, 2.75) is 57.2 Å². The number of hydrogen-bond acceptors (Lipinski definition) is 3. The number of benzene rings is 1. The number of rotatable bonds is 0. The molecule has 0 aromatic heterocycles. The largest absolute Gasteiger partial charge is 0.508 e. The molecule has 1 aromatic carbocycles. The Morgan fingerprint density at radius 1 is 1.19 bits per heavy atom. The maximum atomic E-state index is 10.4. The van der Waals surface area contributed by atoms with Gasteiger partial charge in [0.1, 0.15) is 5.75 Å². The molecule has 3 nitrogen and oxygen atoms in total. The summed E-state index contributed by atoms with van der Waals surface area (Å²) in [5.41, 5.74) is 2.57. The molecule has 21 heavy (non-hydrogen) atoms. The summed E-state index contributed by atoms with van der Waals surface area (Å²) in [5, 5.41) is 30.2. The lowest BCUT2D eigenvalue weighted by atomic mass is 9.55. The van der Waals surface area contributed by atoms with Gasteiger partial charge in [-0.1, -0.05) is 13.0 Å². The van der Waals surface area contributed by atoms with Gasteiger partial charge in [-0.05, 0) is 78.5 Å². The fourth-order valence-electron chi connectivity index (χ4n) is 5.56. The summed E-state index contributed by atoms with van der Waals surface area (Å²) < 4.78 is 0. The van der Waals surface area contributed by atoms with E-state index in [1.54, 1.807) is 6.07 Å². The van der Waals surface area contributed by atoms with Crippen molar-refractivity contribution < 1.29 is 15.3 Å². The number of phenolic OH excluding ortho intramolecular Hbond substituents is 1. The van der Waals surface area contributed by atoms with Gasteiger partial charge in [0.25, 0.3) is 0 Å². The molecule has 0 bridgehead atoms. The number of aliphatic hydroxyl groups excluding tert-OH is 2. The average molecular weight is 288 g/mol. The molecule has 2 fully saturated rings. The molecule has 0 heterocycles. The van der Waals surface area contributed by atoms with Crippen LogP contribution in [-0.2, 0) is 6.42 Å². The summed E-state index contributed by atoms with van der Waals surface area (Å²) in [6.07, 6.45) is 3.80. The monoisotopic (exact) mass is 288 g/mol. The third-order valence-corrected chi connectivity index (χ3v) is 6.68. The highest BCUT2D eigenvalue weighted by molar-refractivity contribution is 5.40. The van der Waals surface area contributed by atoms with Crippen LogP contribution in [0, 0.1) is 17.3 Å². The molecular weight excluding hydrogens is 264 g/mol. The Bertz CT molecular complexity index is 570. The third kappa shape index (κ3) is 1.80. The number of aryl methyl sites for hydroxylation is 1. The maximum Gasteiger partial charge on any atom is 0.115 e. The SMILES string of the molecule is C[C@]12CC[C@H]3c4ccc(O)cc4CC[C@@H]3[C@@H]1C[C@@H](O)[C@@H]2O. The molecule has 1 aromatic rings. The Hall–Kier alpha value is -1.06. The van der Waals surface area contributed by atoms with E-state index >= 15 is 0 Å². The van der Waals surface area contributed by atoms with Gasteiger partial charge >= 0.3 is 0 Å². The van der Waals surface area contributed by atoms with Crippen LogP contribution in [-0.4, -0.2) is 27.5 Å². The van der Waals surface area contributed by atoms with E-state index in [9.17, 15) is 15.3 Å². The summed E-state index contributed by atoms with van der Waals surface area (Å²) in [5.74, 6) is 1.88. The summed E-state index contributed by atoms with van der Waals surface area (Å²) in [7, 11) is 0. The first-order valence-electron chi connectivity index (χ1n) is 8.18. The van der Waals surface area contributed by atoms with Crippen LogP contribution in [0.3, 0.4) is 0 Å². The van der Waals surface area contributed by atoms with Crippen molar-refractivity contribution in [3.63, 3.8) is 0 Å². The van der Waals surface area contributed by atoms with Crippen LogP contribution in [0.4, 0.5) is 0 Å². The second-order valence-electron chi connectivity index (χ2n) is 7.59. The van der Waals surface area contributed by atoms with Crippen LogP contribution in [0.25, 0.3) is 0 Å². The van der Waals surface area contributed by atoms with Gasteiger partial charge in [-0.15, -0.1) is 0 Å². The fraction of sp³-hybridized carbons (Fsp3) is 0.667. The van der Waals surface area contributed by atoms with Crippen molar-refractivity contribution in [2.24, 2.45) is 17.3 Å². The lowest BCUT2D eigenvalue weighted by molar-refractivity contribution is -0.0505. The molecule has 3 heteroatoms. The topological polar surface area (TPSA) is 60.7 Å². The molecule has 0 radical (unpaired) electrons. The molecule has 4 rings (SSSR count). The van der Waals surface area contributed by atoms with Crippen LogP contribution in [0.5, 0.6) is 5.75 Å². The molecule has 0 spiro atoms. The molecule has 0 unspecified atom stereocenters. The first-order valence-corrected chi connectivity index (χ1v) is 8.18. The van der Waals surface area contributed by atoms with E-state index in [4.69, 9.17) is 0 Å². The molecule has 2 saturated carbocycles. The first-order chi connectivity index (χ1) is 10.0. The normalized spacial score (nSPS) is 44.8. The lowest BCUT2D eigenvalue weighted by Gasteiger charge is -2.49. The van der Waals surface area contributed by atoms with Crippen molar-refractivity contribution >= 4 is 0 Å². The predicted molar refractivity (Wildman–Crippen MR) is 80.1 cm³/mol. The second-order valence-corrected chi connectivity index (χ2v) is 7.59. The van der Waals surface area contributed by atoms with Crippen LogP contribution < -0.4 is 0 Å². The minimum Gasteiger partial charge on any atom is -0.508 e. The Labute approximate surface area is 125 Å². The number of fused-ring (bicyclic) bond motifs is 5. The number of phenols is 1. The zero-order valence-electron chi connectivity index (χ0n) is 12.5. The van der Waals surface area contributed by atoms with Crippen molar-refractivity contribution in [1.29, 1.82) is 0 Å². The smallest absolute Gasteiger partial charge is 0.115 e. The van der Waals surface area contributed by atoms with Crippen molar-refractivity contribution in [2.75, 3.05) is 0 Å². The minimum atomic E-state index is -0.565. The Balaban J connectivity index is 1.71. The first kappa shape index (κ1) is 13.6. The van der Waals surface area contributed by atoms with E-state index in [1.807, 2.05) is 6.07 Å². The summed E-state index contributed by atoms with van der Waals surface area (Å²) in [4.78, 5) is 0. The van der Waals surface area contributed by atoms with E-state index in [2.05, 4.69) is 13.0 Å². The molecule has 0 aliphatic heterocycles. The summed E-state index contributed by atoms with van der Waals surface area (Å²) in [6.45, 7) is 2.17. The van der Waals surface area contributed by atoms with Gasteiger partial charge in [0.15, 0.2) is 0 Å². The molecular formula is C18H24O3. The standard InChI is InChI=1S/C18H24O3/c1-18-7-6-13-12-5-3-11(19)8-10(12)2-4-14(13)15(18)9-16(20)17(18)21/h3,5,8,13-17,19-21H,2,4,6-7,9H2,1H3/t13-,14-,15-,16+,17-,18-/m0/s1. The van der Waals surface area contributed by atoms with Crippen molar-refractivity contribution in [1.82, 2.24) is 0 Å². The molecule has 114 valence electrons. The van der Waals surface area contributed by atoms with E-state index < -0.39 is 12.2 Å². The van der Waals surface area contributed by atoms with Crippen molar-refractivity contribution in [3.05, 3.63) is 29.3 Å². The third-order valence-electron chi connectivity index (χ3n) is 6.68. The van der Waals surface area contributed by atoms with Crippen LogP contribution in [0.1, 0.15) is 49.7 Å². The maximum absolute atomic E-state index is 10.4. The predicted octanol–water partition coefficient (Wildman–Crippen LogP) is 2.58. The lowest BCUT2D eigenvalue weighted by Crippen LogP contribution is -2.44. The minimum absolute atomic E-state index is 0.116. The van der Waals surface area contributed by atoms with E-state index in [-0.39, 0.29) is 5.41 Å². The Morgan fingerprint density at radius 2 is 2.00 bits per heavy atom. The average Bonchev–Trinajstić information content (AvgIpc) is 2.70. The fourth-order valence-corrected chi connectivity index (χ4v) is 5.56. The van der Waals surface area contributed by atoms with Gasteiger partial charge in [0, 0.05) is 0 Å². The van der Waals surface area contributed by atoms with E-state index in [1.165, 1.54) is 11.1 Å². The van der Waals surface area contributed by atoms with Gasteiger partial charge in [0.05, 0.1) is 12.2 Å². The van der Waals surface area contributed by atoms with Gasteiger partial charge < -0.3 is 15.3 Å². The number of aliphatic hydroxyl groups is 2. The van der Waals surface area contributed by atoms with E-state index in [0.717, 1.165) is 32.1 Å². The van der Waals surface area contributed by atoms with E-state index in [0.29, 0.717) is 23.5 Å². The number of hydrogen-bond donors (Lipinski definition) is 3. The quantitative estimate of drug-likeness (QED) is 0.687. The van der Waals surface area contributed by atoms with Crippen LogP contribution in [0.2, 0.25) is 0 Å². The number of aromatic hydroxyl groups is 1. The molecule has 0 amide bonds. The molecule has 6 atom stereocenters. The molecule has 3 aliphatic carbocycles. The second kappa shape index (κ2) is 4.47. The Morgan fingerprint density at radius 3 is 2.81 bits per heavy atom. The van der Waals surface area contributed by atoms with Crippen LogP contribution in [0.15, 0.2) is 18.2 Å². The van der Waals surface area contributed by atoms with Gasteiger partial charge in [-0.25, -0.2) is 0 Å². The highest BCUT2D eigenvalue weighted by atomic mass is 16.3. The molecule has 3 N–H and O–H groups in total. The summed E-state index contributed by atoms with van der Waals surface area (Å²) >= 11 is 0. The highest BCUT2D eigenvalue weighted by Crippen LogP contribution is 2.60.